The number of hydrogen-bond donors (Lipinski definition) is 1. The molecular formula is C18H27N3. The molecule has 0 bridgehead atoms. The Kier molecular flexibility index (Phi) is 5.18. The van der Waals surface area contributed by atoms with Gasteiger partial charge in [0.2, 0.25) is 0 Å². The van der Waals surface area contributed by atoms with E-state index in [2.05, 4.69) is 67.1 Å². The minimum Gasteiger partial charge on any atom is -0.313 e. The van der Waals surface area contributed by atoms with Gasteiger partial charge in [-0.3, -0.25) is 4.68 Å². The highest BCUT2D eigenvalue weighted by Crippen LogP contribution is 2.23. The van der Waals surface area contributed by atoms with E-state index in [9.17, 15) is 0 Å². The van der Waals surface area contributed by atoms with Crippen LogP contribution in [0, 0.1) is 13.8 Å². The lowest BCUT2D eigenvalue weighted by molar-refractivity contribution is 0.538. The zero-order valence-electron chi connectivity index (χ0n) is 13.9. The Labute approximate surface area is 128 Å². The third kappa shape index (κ3) is 3.53. The summed E-state index contributed by atoms with van der Waals surface area (Å²) in [4.78, 5) is 0. The first-order valence-electron chi connectivity index (χ1n) is 7.89. The summed E-state index contributed by atoms with van der Waals surface area (Å²) in [6.45, 7) is 9.58. The first-order chi connectivity index (χ1) is 10.1. The highest BCUT2D eigenvalue weighted by Gasteiger charge is 2.16. The second kappa shape index (κ2) is 6.90. The molecule has 1 unspecified atom stereocenters. The van der Waals surface area contributed by atoms with Gasteiger partial charge in [0.25, 0.3) is 0 Å². The maximum atomic E-state index is 4.65. The average Bonchev–Trinajstić information content (AvgIpc) is 2.87. The molecule has 21 heavy (non-hydrogen) atoms. The molecule has 0 aliphatic heterocycles. The standard InChI is InChI=1S/C18H27N3/c1-6-15-11-16(21(7-2)20-15)12-18(19-5)17-9-8-13(3)10-14(17)4/h8-11,18-19H,6-7,12H2,1-5H3. The molecule has 0 aliphatic rings. The van der Waals surface area contributed by atoms with Crippen LogP contribution in [0.5, 0.6) is 0 Å². The Morgan fingerprint density at radius 1 is 1.19 bits per heavy atom. The molecule has 0 spiro atoms. The smallest absolute Gasteiger partial charge is 0.0624 e. The normalized spacial score (nSPS) is 12.6. The third-order valence-electron chi connectivity index (χ3n) is 4.14. The maximum absolute atomic E-state index is 4.65. The monoisotopic (exact) mass is 285 g/mol. The number of likely N-dealkylation sites (N-methyl/N-ethyl adjacent to an activating group) is 1. The van der Waals surface area contributed by atoms with Crippen molar-refractivity contribution in [3.05, 3.63) is 52.3 Å². The summed E-state index contributed by atoms with van der Waals surface area (Å²) in [6.07, 6.45) is 1.97. The number of benzene rings is 1. The number of nitrogens with one attached hydrogen (secondary N) is 1. The van der Waals surface area contributed by atoms with Gasteiger partial charge in [-0.25, -0.2) is 0 Å². The molecule has 0 radical (unpaired) electrons. The highest BCUT2D eigenvalue weighted by molar-refractivity contribution is 5.33. The van der Waals surface area contributed by atoms with Gasteiger partial charge in [0.15, 0.2) is 0 Å². The van der Waals surface area contributed by atoms with Crippen molar-refractivity contribution in [3.63, 3.8) is 0 Å². The van der Waals surface area contributed by atoms with Crippen LogP contribution in [-0.4, -0.2) is 16.8 Å². The third-order valence-corrected chi connectivity index (χ3v) is 4.14. The topological polar surface area (TPSA) is 29.9 Å². The lowest BCUT2D eigenvalue weighted by Crippen LogP contribution is -2.21. The SMILES string of the molecule is CCc1cc(CC(NC)c2ccc(C)cc2C)n(CC)n1. The quantitative estimate of drug-likeness (QED) is 0.879. The summed E-state index contributed by atoms with van der Waals surface area (Å²) in [6, 6.07) is 9.28. The fourth-order valence-corrected chi connectivity index (χ4v) is 2.92. The van der Waals surface area contributed by atoms with Gasteiger partial charge in [-0.1, -0.05) is 30.7 Å². The molecule has 0 fully saturated rings. The van der Waals surface area contributed by atoms with Crippen LogP contribution >= 0.6 is 0 Å². The van der Waals surface area contributed by atoms with Crippen molar-refractivity contribution in [2.45, 2.75) is 53.1 Å². The van der Waals surface area contributed by atoms with Crippen LogP contribution in [0.15, 0.2) is 24.3 Å². The van der Waals surface area contributed by atoms with Gasteiger partial charge < -0.3 is 5.32 Å². The molecule has 1 atom stereocenters. The molecular weight excluding hydrogens is 258 g/mol. The molecule has 1 N–H and O–H groups in total. The Hall–Kier alpha value is -1.61. The summed E-state index contributed by atoms with van der Waals surface area (Å²) in [5.41, 5.74) is 6.55. The van der Waals surface area contributed by atoms with Crippen LogP contribution in [0.25, 0.3) is 0 Å². The van der Waals surface area contributed by atoms with E-state index < -0.39 is 0 Å². The molecule has 1 heterocycles. The first kappa shape index (κ1) is 15.8. The molecule has 114 valence electrons. The van der Waals surface area contributed by atoms with E-state index in [-0.39, 0.29) is 0 Å². The number of nitrogens with zero attached hydrogens (tertiary/aromatic N) is 2. The summed E-state index contributed by atoms with van der Waals surface area (Å²) < 4.78 is 2.13. The first-order valence-corrected chi connectivity index (χ1v) is 7.89. The minimum absolute atomic E-state index is 0.331. The van der Waals surface area contributed by atoms with E-state index in [4.69, 9.17) is 0 Å². The molecule has 3 heteroatoms. The van der Waals surface area contributed by atoms with Gasteiger partial charge in [0.1, 0.15) is 0 Å². The van der Waals surface area contributed by atoms with Crippen molar-refractivity contribution < 1.29 is 0 Å². The lowest BCUT2D eigenvalue weighted by Gasteiger charge is -2.19. The Bertz CT molecular complexity index is 599. The number of rotatable bonds is 6. The van der Waals surface area contributed by atoms with E-state index >= 15 is 0 Å². The molecule has 0 amide bonds. The van der Waals surface area contributed by atoms with Crippen LogP contribution in [0.1, 0.15) is 48.0 Å². The van der Waals surface area contributed by atoms with E-state index in [0.29, 0.717) is 6.04 Å². The van der Waals surface area contributed by atoms with Crippen LogP contribution in [0.3, 0.4) is 0 Å². The van der Waals surface area contributed by atoms with E-state index in [1.807, 2.05) is 7.05 Å². The fourth-order valence-electron chi connectivity index (χ4n) is 2.92. The summed E-state index contributed by atoms with van der Waals surface area (Å²) >= 11 is 0. The molecule has 0 saturated heterocycles. The van der Waals surface area contributed by atoms with Crippen molar-refractivity contribution in [2.75, 3.05) is 7.05 Å². The van der Waals surface area contributed by atoms with Crippen LogP contribution in [0.4, 0.5) is 0 Å². The van der Waals surface area contributed by atoms with E-state index in [0.717, 1.165) is 19.4 Å². The molecule has 1 aromatic carbocycles. The number of hydrogen-bond acceptors (Lipinski definition) is 2. The second-order valence-corrected chi connectivity index (χ2v) is 5.70. The van der Waals surface area contributed by atoms with Crippen molar-refractivity contribution in [2.24, 2.45) is 0 Å². The van der Waals surface area contributed by atoms with Gasteiger partial charge >= 0.3 is 0 Å². The average molecular weight is 285 g/mol. The lowest BCUT2D eigenvalue weighted by atomic mass is 9.96. The Morgan fingerprint density at radius 2 is 1.95 bits per heavy atom. The van der Waals surface area contributed by atoms with Crippen LogP contribution < -0.4 is 5.32 Å². The van der Waals surface area contributed by atoms with Crippen LogP contribution in [-0.2, 0) is 19.4 Å². The summed E-state index contributed by atoms with van der Waals surface area (Å²) in [7, 11) is 2.04. The number of aromatic nitrogens is 2. The van der Waals surface area contributed by atoms with Gasteiger partial charge in [-0.15, -0.1) is 0 Å². The molecule has 2 rings (SSSR count). The predicted molar refractivity (Wildman–Crippen MR) is 88.7 cm³/mol. The number of aryl methyl sites for hydroxylation is 4. The van der Waals surface area contributed by atoms with Gasteiger partial charge in [0, 0.05) is 24.7 Å². The molecule has 2 aromatic rings. The van der Waals surface area contributed by atoms with Crippen molar-refractivity contribution in [1.29, 1.82) is 0 Å². The minimum atomic E-state index is 0.331. The Morgan fingerprint density at radius 3 is 2.52 bits per heavy atom. The van der Waals surface area contributed by atoms with Crippen molar-refractivity contribution >= 4 is 0 Å². The van der Waals surface area contributed by atoms with Crippen molar-refractivity contribution in [1.82, 2.24) is 15.1 Å². The van der Waals surface area contributed by atoms with Crippen molar-refractivity contribution in [3.8, 4) is 0 Å². The molecule has 0 aliphatic carbocycles. The van der Waals surface area contributed by atoms with Gasteiger partial charge in [-0.2, -0.15) is 5.10 Å². The largest absolute Gasteiger partial charge is 0.313 e. The van der Waals surface area contributed by atoms with E-state index in [1.165, 1.54) is 28.1 Å². The fraction of sp³-hybridized carbons (Fsp3) is 0.500. The summed E-state index contributed by atoms with van der Waals surface area (Å²) in [5.74, 6) is 0. The Balaban J connectivity index is 2.28. The zero-order valence-corrected chi connectivity index (χ0v) is 13.9. The van der Waals surface area contributed by atoms with Gasteiger partial charge in [-0.05, 0) is 51.4 Å². The highest BCUT2D eigenvalue weighted by atomic mass is 15.3. The molecule has 1 aromatic heterocycles. The predicted octanol–water partition coefficient (Wildman–Crippen LogP) is 3.59. The zero-order chi connectivity index (χ0) is 15.4. The van der Waals surface area contributed by atoms with Crippen LogP contribution in [0.2, 0.25) is 0 Å². The maximum Gasteiger partial charge on any atom is 0.0624 e. The second-order valence-electron chi connectivity index (χ2n) is 5.70. The molecule has 0 saturated carbocycles. The van der Waals surface area contributed by atoms with Gasteiger partial charge in [0.05, 0.1) is 5.69 Å². The molecule has 3 nitrogen and oxygen atoms in total. The van der Waals surface area contributed by atoms with E-state index in [1.54, 1.807) is 0 Å². The summed E-state index contributed by atoms with van der Waals surface area (Å²) in [5, 5.41) is 8.12.